The molecular formula is C21H24N2O3. The maximum absolute atomic E-state index is 12.5. The van der Waals surface area contributed by atoms with Crippen LogP contribution < -0.4 is 4.90 Å². The number of carbonyl (C=O) groups excluding carboxylic acids is 1. The lowest BCUT2D eigenvalue weighted by Gasteiger charge is -2.32. The number of amides is 1. The molecule has 0 atom stereocenters. The summed E-state index contributed by atoms with van der Waals surface area (Å²) in [5.41, 5.74) is 2.84. The molecule has 1 aliphatic heterocycles. The third-order valence-corrected chi connectivity index (χ3v) is 4.91. The fourth-order valence-corrected chi connectivity index (χ4v) is 3.38. The Kier molecular flexibility index (Phi) is 5.56. The minimum Gasteiger partial charge on any atom is -0.481 e. The van der Waals surface area contributed by atoms with E-state index in [4.69, 9.17) is 5.11 Å². The van der Waals surface area contributed by atoms with E-state index < -0.39 is 5.97 Å². The van der Waals surface area contributed by atoms with Crippen LogP contribution in [-0.2, 0) is 11.3 Å². The molecule has 2 aromatic rings. The first kappa shape index (κ1) is 18.0. The fourth-order valence-electron chi connectivity index (χ4n) is 3.38. The van der Waals surface area contributed by atoms with Crippen molar-refractivity contribution >= 4 is 17.6 Å². The maximum Gasteiger partial charge on any atom is 0.306 e. The molecule has 5 heteroatoms. The van der Waals surface area contributed by atoms with Crippen LogP contribution in [-0.4, -0.2) is 42.0 Å². The number of nitrogens with zero attached hydrogens (tertiary/aromatic N) is 2. The number of piperidine rings is 1. The number of hydrogen-bond acceptors (Lipinski definition) is 3. The highest BCUT2D eigenvalue weighted by Crippen LogP contribution is 2.24. The summed E-state index contributed by atoms with van der Waals surface area (Å²) in [5, 5.41) is 9.13. The maximum atomic E-state index is 12.5. The largest absolute Gasteiger partial charge is 0.481 e. The average Bonchev–Trinajstić information content (AvgIpc) is 2.68. The molecule has 5 nitrogen and oxygen atoms in total. The van der Waals surface area contributed by atoms with Crippen LogP contribution in [0, 0.1) is 5.92 Å². The molecule has 0 unspecified atom stereocenters. The lowest BCUT2D eigenvalue weighted by molar-refractivity contribution is -0.142. The molecule has 1 N–H and O–H groups in total. The second kappa shape index (κ2) is 8.04. The molecule has 1 amide bonds. The molecule has 0 aliphatic carbocycles. The van der Waals surface area contributed by atoms with Gasteiger partial charge in [0.1, 0.15) is 0 Å². The monoisotopic (exact) mass is 352 g/mol. The molecule has 0 spiro atoms. The third-order valence-electron chi connectivity index (χ3n) is 4.91. The second-order valence-corrected chi connectivity index (χ2v) is 6.80. The van der Waals surface area contributed by atoms with Gasteiger partial charge in [0.15, 0.2) is 0 Å². The predicted octanol–water partition coefficient (Wildman–Crippen LogP) is 3.26. The highest BCUT2D eigenvalue weighted by Gasteiger charge is 2.24. The summed E-state index contributed by atoms with van der Waals surface area (Å²) in [4.78, 5) is 27.5. The van der Waals surface area contributed by atoms with Crippen LogP contribution >= 0.6 is 0 Å². The molecule has 0 aromatic heterocycles. The van der Waals surface area contributed by atoms with Gasteiger partial charge in [0.25, 0.3) is 5.91 Å². The number of carboxylic acids is 1. The van der Waals surface area contributed by atoms with E-state index in [2.05, 4.69) is 11.0 Å². The lowest BCUT2D eigenvalue weighted by atomic mass is 9.96. The molecule has 0 radical (unpaired) electrons. The molecule has 0 bridgehead atoms. The van der Waals surface area contributed by atoms with Gasteiger partial charge in [-0.15, -0.1) is 0 Å². The van der Waals surface area contributed by atoms with Gasteiger partial charge >= 0.3 is 5.97 Å². The number of carbonyl (C=O) groups is 2. The van der Waals surface area contributed by atoms with Gasteiger partial charge in [-0.1, -0.05) is 30.3 Å². The highest BCUT2D eigenvalue weighted by atomic mass is 16.4. The Labute approximate surface area is 153 Å². The zero-order valence-corrected chi connectivity index (χ0v) is 15.0. The molecule has 1 fully saturated rings. The van der Waals surface area contributed by atoms with E-state index in [1.165, 1.54) is 0 Å². The molecular weight excluding hydrogens is 328 g/mol. The van der Waals surface area contributed by atoms with Crippen molar-refractivity contribution in [3.8, 4) is 0 Å². The molecule has 26 heavy (non-hydrogen) atoms. The first-order chi connectivity index (χ1) is 12.5. The quantitative estimate of drug-likeness (QED) is 0.897. The smallest absolute Gasteiger partial charge is 0.306 e. The summed E-state index contributed by atoms with van der Waals surface area (Å²) in [7, 11) is 1.81. The first-order valence-electron chi connectivity index (χ1n) is 8.92. The Bertz CT molecular complexity index is 768. The Morgan fingerprint density at radius 2 is 1.77 bits per heavy atom. The summed E-state index contributed by atoms with van der Waals surface area (Å²) < 4.78 is 0. The van der Waals surface area contributed by atoms with E-state index in [9.17, 15) is 9.59 Å². The topological polar surface area (TPSA) is 60.9 Å². The number of benzene rings is 2. The molecule has 2 aromatic carbocycles. The van der Waals surface area contributed by atoms with Crippen molar-refractivity contribution in [2.75, 3.05) is 25.0 Å². The minimum absolute atomic E-state index is 0.00160. The molecule has 136 valence electrons. The van der Waals surface area contributed by atoms with Gasteiger partial charge in [-0.3, -0.25) is 9.59 Å². The number of aliphatic carboxylic acids is 1. The lowest BCUT2D eigenvalue weighted by Crippen LogP contribution is -2.36. The van der Waals surface area contributed by atoms with Gasteiger partial charge in [-0.25, -0.2) is 0 Å². The number of anilines is 1. The van der Waals surface area contributed by atoms with Crippen molar-refractivity contribution < 1.29 is 14.7 Å². The van der Waals surface area contributed by atoms with Crippen molar-refractivity contribution in [2.24, 2.45) is 5.92 Å². The van der Waals surface area contributed by atoms with E-state index in [0.29, 0.717) is 24.9 Å². The molecule has 0 saturated carbocycles. The van der Waals surface area contributed by atoms with E-state index in [1.807, 2.05) is 48.5 Å². The number of rotatable bonds is 5. The van der Waals surface area contributed by atoms with E-state index in [-0.39, 0.29) is 11.8 Å². The van der Waals surface area contributed by atoms with Gasteiger partial charge < -0.3 is 14.9 Å². The summed E-state index contributed by atoms with van der Waals surface area (Å²) in [6, 6.07) is 17.4. The van der Waals surface area contributed by atoms with Crippen LogP contribution in [0.25, 0.3) is 0 Å². The van der Waals surface area contributed by atoms with Crippen LogP contribution in [0.5, 0.6) is 0 Å². The average molecular weight is 352 g/mol. The van der Waals surface area contributed by atoms with Gasteiger partial charge in [0, 0.05) is 37.9 Å². The van der Waals surface area contributed by atoms with Crippen LogP contribution in [0.15, 0.2) is 54.6 Å². The third kappa shape index (κ3) is 4.23. The summed E-state index contributed by atoms with van der Waals surface area (Å²) >= 11 is 0. The van der Waals surface area contributed by atoms with Crippen LogP contribution in [0.2, 0.25) is 0 Å². The summed E-state index contributed by atoms with van der Waals surface area (Å²) in [6.45, 7) is 2.03. The predicted molar refractivity (Wildman–Crippen MR) is 101 cm³/mol. The van der Waals surface area contributed by atoms with Crippen molar-refractivity contribution in [1.29, 1.82) is 0 Å². The SMILES string of the molecule is CN(Cc1cccc(N2CCC(C(=O)O)CC2)c1)C(=O)c1ccccc1. The van der Waals surface area contributed by atoms with Gasteiger partial charge in [-0.2, -0.15) is 0 Å². The molecule has 1 heterocycles. The van der Waals surface area contributed by atoms with Crippen LogP contribution in [0.4, 0.5) is 5.69 Å². The molecule has 1 saturated heterocycles. The van der Waals surface area contributed by atoms with Crippen LogP contribution in [0.3, 0.4) is 0 Å². The van der Waals surface area contributed by atoms with E-state index in [0.717, 1.165) is 24.3 Å². The Balaban J connectivity index is 1.64. The highest BCUT2D eigenvalue weighted by molar-refractivity contribution is 5.93. The van der Waals surface area contributed by atoms with Crippen molar-refractivity contribution in [3.63, 3.8) is 0 Å². The van der Waals surface area contributed by atoms with Crippen LogP contribution in [0.1, 0.15) is 28.8 Å². The van der Waals surface area contributed by atoms with Crippen molar-refractivity contribution in [2.45, 2.75) is 19.4 Å². The minimum atomic E-state index is -0.695. The van der Waals surface area contributed by atoms with Gasteiger partial charge in [0.2, 0.25) is 0 Å². The van der Waals surface area contributed by atoms with Crippen molar-refractivity contribution in [1.82, 2.24) is 4.90 Å². The second-order valence-electron chi connectivity index (χ2n) is 6.80. The fraction of sp³-hybridized carbons (Fsp3) is 0.333. The van der Waals surface area contributed by atoms with Gasteiger partial charge in [-0.05, 0) is 42.7 Å². The van der Waals surface area contributed by atoms with Gasteiger partial charge in [0.05, 0.1) is 5.92 Å². The first-order valence-corrected chi connectivity index (χ1v) is 8.92. The summed E-state index contributed by atoms with van der Waals surface area (Å²) in [5.74, 6) is -0.929. The Hall–Kier alpha value is -2.82. The number of carboxylic acid groups (broad SMARTS) is 1. The Morgan fingerprint density at radius 1 is 1.08 bits per heavy atom. The zero-order chi connectivity index (χ0) is 18.5. The van der Waals surface area contributed by atoms with Crippen molar-refractivity contribution in [3.05, 3.63) is 65.7 Å². The molecule has 1 aliphatic rings. The standard InChI is InChI=1S/C21H24N2O3/c1-22(20(24)17-7-3-2-4-8-17)15-16-6-5-9-19(14-16)23-12-10-18(11-13-23)21(25)26/h2-9,14,18H,10-13,15H2,1H3,(H,25,26). The normalized spacial score (nSPS) is 14.9. The zero-order valence-electron chi connectivity index (χ0n) is 15.0. The number of hydrogen-bond donors (Lipinski definition) is 1. The summed E-state index contributed by atoms with van der Waals surface area (Å²) in [6.07, 6.45) is 1.35. The molecule has 3 rings (SSSR count). The van der Waals surface area contributed by atoms with E-state index in [1.54, 1.807) is 11.9 Å². The van der Waals surface area contributed by atoms with E-state index >= 15 is 0 Å². The Morgan fingerprint density at radius 3 is 2.42 bits per heavy atom.